The van der Waals surface area contributed by atoms with Crippen LogP contribution in [0.4, 0.5) is 0 Å². The average Bonchev–Trinajstić information content (AvgIpc) is 2.66. The van der Waals surface area contributed by atoms with E-state index in [1.807, 2.05) is 12.3 Å². The van der Waals surface area contributed by atoms with E-state index in [2.05, 4.69) is 24.1 Å². The summed E-state index contributed by atoms with van der Waals surface area (Å²) in [5.41, 5.74) is 1.06. The Morgan fingerprint density at radius 1 is 1.50 bits per heavy atom. The maximum atomic E-state index is 11.7. The Labute approximate surface area is 101 Å². The summed E-state index contributed by atoms with van der Waals surface area (Å²) in [4.78, 5) is 16.0. The summed E-state index contributed by atoms with van der Waals surface area (Å²) in [6.45, 7) is 6.79. The molecule has 1 amide bonds. The predicted molar refractivity (Wildman–Crippen MR) is 67.6 cm³/mol. The number of hydrogen-bond donors (Lipinski definition) is 1. The second kappa shape index (κ2) is 6.63. The van der Waals surface area contributed by atoms with E-state index in [9.17, 15) is 4.79 Å². The first-order chi connectivity index (χ1) is 7.67. The molecule has 0 bridgehead atoms. The van der Waals surface area contributed by atoms with E-state index in [0.29, 0.717) is 6.54 Å². The predicted octanol–water partition coefficient (Wildman–Crippen LogP) is 2.55. The van der Waals surface area contributed by atoms with Gasteiger partial charge in [0, 0.05) is 30.0 Å². The van der Waals surface area contributed by atoms with Gasteiger partial charge in [-0.1, -0.05) is 13.8 Å². The third-order valence-corrected chi connectivity index (χ3v) is 3.69. The van der Waals surface area contributed by atoms with Crippen molar-refractivity contribution in [2.75, 3.05) is 6.54 Å². The van der Waals surface area contributed by atoms with Crippen LogP contribution in [0.2, 0.25) is 0 Å². The number of amides is 1. The van der Waals surface area contributed by atoms with Crippen molar-refractivity contribution in [1.29, 1.82) is 0 Å². The highest BCUT2D eigenvalue weighted by molar-refractivity contribution is 7.09. The number of nitrogens with zero attached hydrogens (tertiary/aromatic N) is 1. The largest absolute Gasteiger partial charge is 0.355 e. The van der Waals surface area contributed by atoms with Crippen molar-refractivity contribution in [3.63, 3.8) is 0 Å². The third kappa shape index (κ3) is 3.93. The zero-order valence-corrected chi connectivity index (χ0v) is 11.1. The number of hydrogen-bond acceptors (Lipinski definition) is 3. The van der Waals surface area contributed by atoms with Crippen molar-refractivity contribution < 1.29 is 4.79 Å². The molecule has 0 aliphatic rings. The third-order valence-electron chi connectivity index (χ3n) is 2.66. The van der Waals surface area contributed by atoms with Gasteiger partial charge in [0.25, 0.3) is 0 Å². The first-order valence-electron chi connectivity index (χ1n) is 5.86. The fourth-order valence-electron chi connectivity index (χ4n) is 1.61. The summed E-state index contributed by atoms with van der Waals surface area (Å²) in [5, 5.41) is 6.11. The summed E-state index contributed by atoms with van der Waals surface area (Å²) in [7, 11) is 0. The van der Waals surface area contributed by atoms with Crippen molar-refractivity contribution in [2.45, 2.75) is 40.0 Å². The summed E-state index contributed by atoms with van der Waals surface area (Å²) < 4.78 is 0. The summed E-state index contributed by atoms with van der Waals surface area (Å²) >= 11 is 1.66. The van der Waals surface area contributed by atoms with E-state index >= 15 is 0 Å². The molecule has 0 saturated carbocycles. The molecule has 0 aliphatic carbocycles. The molecule has 4 heteroatoms. The molecule has 90 valence electrons. The van der Waals surface area contributed by atoms with E-state index in [0.717, 1.165) is 30.0 Å². The number of nitrogens with one attached hydrogen (secondary N) is 1. The Morgan fingerprint density at radius 3 is 2.69 bits per heavy atom. The molecule has 0 aromatic carbocycles. The fraction of sp³-hybridized carbons (Fsp3) is 0.667. The molecular formula is C12H20N2OS. The Balaban J connectivity index is 2.27. The fourth-order valence-corrected chi connectivity index (χ4v) is 2.39. The van der Waals surface area contributed by atoms with Crippen LogP contribution >= 0.6 is 11.3 Å². The molecule has 16 heavy (non-hydrogen) atoms. The van der Waals surface area contributed by atoms with Gasteiger partial charge in [-0.15, -0.1) is 11.3 Å². The molecule has 1 rings (SSSR count). The average molecular weight is 240 g/mol. The van der Waals surface area contributed by atoms with Gasteiger partial charge in [-0.25, -0.2) is 4.98 Å². The summed E-state index contributed by atoms with van der Waals surface area (Å²) in [5.74, 6) is 0.344. The van der Waals surface area contributed by atoms with E-state index in [1.54, 1.807) is 11.3 Å². The smallest absolute Gasteiger partial charge is 0.223 e. The van der Waals surface area contributed by atoms with E-state index in [-0.39, 0.29) is 11.8 Å². The number of rotatable bonds is 6. The minimum Gasteiger partial charge on any atom is -0.355 e. The lowest BCUT2D eigenvalue weighted by Crippen LogP contribution is -2.31. The molecule has 1 aromatic rings. The van der Waals surface area contributed by atoms with E-state index < -0.39 is 0 Å². The van der Waals surface area contributed by atoms with Gasteiger partial charge in [0.2, 0.25) is 5.91 Å². The topological polar surface area (TPSA) is 42.0 Å². The number of carbonyl (C=O) groups excluding carboxylic acids is 1. The lowest BCUT2D eigenvalue weighted by Gasteiger charge is -2.11. The monoisotopic (exact) mass is 240 g/mol. The quantitative estimate of drug-likeness (QED) is 0.830. The number of aryl methyl sites for hydroxylation is 1. The van der Waals surface area contributed by atoms with Crippen LogP contribution in [0.5, 0.6) is 0 Å². The zero-order valence-electron chi connectivity index (χ0n) is 10.2. The van der Waals surface area contributed by atoms with Crippen molar-refractivity contribution in [2.24, 2.45) is 5.92 Å². The molecule has 3 nitrogen and oxygen atoms in total. The lowest BCUT2D eigenvalue weighted by molar-refractivity contribution is -0.125. The normalized spacial score (nSPS) is 10.8. The van der Waals surface area contributed by atoms with Crippen LogP contribution in [0.15, 0.2) is 5.38 Å². The Bertz CT molecular complexity index is 332. The highest BCUT2D eigenvalue weighted by Crippen LogP contribution is 2.09. The van der Waals surface area contributed by atoms with Gasteiger partial charge < -0.3 is 5.32 Å². The first kappa shape index (κ1) is 13.2. The van der Waals surface area contributed by atoms with Crippen LogP contribution in [-0.4, -0.2) is 17.4 Å². The second-order valence-electron chi connectivity index (χ2n) is 3.94. The maximum Gasteiger partial charge on any atom is 0.223 e. The van der Waals surface area contributed by atoms with Crippen LogP contribution < -0.4 is 5.32 Å². The number of carbonyl (C=O) groups is 1. The standard InChI is InChI=1S/C12H20N2OS/c1-4-10(5-2)12(15)13-7-6-11-14-9(3)8-16-11/h8,10H,4-7H2,1-3H3,(H,13,15). The second-order valence-corrected chi connectivity index (χ2v) is 4.88. The maximum absolute atomic E-state index is 11.7. The number of thiazole rings is 1. The van der Waals surface area contributed by atoms with Crippen molar-refractivity contribution >= 4 is 17.2 Å². The van der Waals surface area contributed by atoms with Crippen LogP contribution in [-0.2, 0) is 11.2 Å². The van der Waals surface area contributed by atoms with Gasteiger partial charge >= 0.3 is 0 Å². The van der Waals surface area contributed by atoms with Gasteiger partial charge in [0.1, 0.15) is 0 Å². The van der Waals surface area contributed by atoms with Crippen LogP contribution in [0.25, 0.3) is 0 Å². The van der Waals surface area contributed by atoms with Gasteiger partial charge in [-0.05, 0) is 19.8 Å². The minimum absolute atomic E-state index is 0.165. The molecular weight excluding hydrogens is 220 g/mol. The van der Waals surface area contributed by atoms with Gasteiger partial charge in [0.15, 0.2) is 0 Å². The molecule has 1 aromatic heterocycles. The van der Waals surface area contributed by atoms with Crippen molar-refractivity contribution in [1.82, 2.24) is 10.3 Å². The van der Waals surface area contributed by atoms with Crippen molar-refractivity contribution in [3.05, 3.63) is 16.1 Å². The van der Waals surface area contributed by atoms with E-state index in [1.165, 1.54) is 0 Å². The SMILES string of the molecule is CCC(CC)C(=O)NCCc1nc(C)cs1. The first-order valence-corrected chi connectivity index (χ1v) is 6.74. The summed E-state index contributed by atoms with van der Waals surface area (Å²) in [6, 6.07) is 0. The molecule has 1 N–H and O–H groups in total. The molecule has 0 unspecified atom stereocenters. The van der Waals surface area contributed by atoms with Crippen LogP contribution in [0.3, 0.4) is 0 Å². The molecule has 0 spiro atoms. The Hall–Kier alpha value is -0.900. The van der Waals surface area contributed by atoms with Crippen molar-refractivity contribution in [3.8, 4) is 0 Å². The van der Waals surface area contributed by atoms with Gasteiger partial charge in [0.05, 0.1) is 5.01 Å². The molecule has 0 atom stereocenters. The highest BCUT2D eigenvalue weighted by Gasteiger charge is 2.13. The van der Waals surface area contributed by atoms with Gasteiger partial charge in [-0.2, -0.15) is 0 Å². The molecule has 0 fully saturated rings. The molecule has 1 heterocycles. The Morgan fingerprint density at radius 2 is 2.19 bits per heavy atom. The van der Waals surface area contributed by atoms with Gasteiger partial charge in [-0.3, -0.25) is 4.79 Å². The van der Waals surface area contributed by atoms with Crippen LogP contribution in [0.1, 0.15) is 37.4 Å². The minimum atomic E-state index is 0.165. The molecule has 0 saturated heterocycles. The molecule has 0 radical (unpaired) electrons. The Kier molecular flexibility index (Phi) is 5.46. The highest BCUT2D eigenvalue weighted by atomic mass is 32.1. The lowest BCUT2D eigenvalue weighted by atomic mass is 10.0. The zero-order chi connectivity index (χ0) is 12.0. The summed E-state index contributed by atoms with van der Waals surface area (Å²) in [6.07, 6.45) is 2.67. The van der Waals surface area contributed by atoms with Crippen LogP contribution in [0, 0.1) is 12.8 Å². The van der Waals surface area contributed by atoms with E-state index in [4.69, 9.17) is 0 Å². The molecule has 0 aliphatic heterocycles. The number of aromatic nitrogens is 1.